The van der Waals surface area contributed by atoms with Gasteiger partial charge in [-0.1, -0.05) is 16.5 Å². The summed E-state index contributed by atoms with van der Waals surface area (Å²) in [5, 5.41) is 23.2. The molecule has 1 amide bonds. The molecule has 2 aromatic carbocycles. The Morgan fingerprint density at radius 1 is 1.17 bits per heavy atom. The van der Waals surface area contributed by atoms with Crippen molar-refractivity contribution in [3.05, 3.63) is 68.1 Å². The summed E-state index contributed by atoms with van der Waals surface area (Å²) in [4.78, 5) is 13.3. The minimum absolute atomic E-state index is 0.0509. The number of hydrogen-bond acceptors (Lipinski definition) is 8. The maximum absolute atomic E-state index is 13.5. The Morgan fingerprint density at radius 3 is 2.61 bits per heavy atom. The van der Waals surface area contributed by atoms with Gasteiger partial charge in [0.2, 0.25) is 4.80 Å². The number of nitrogen functional groups attached to an aromatic ring is 1. The van der Waals surface area contributed by atoms with Crippen LogP contribution in [0.4, 0.5) is 24.7 Å². The van der Waals surface area contributed by atoms with Gasteiger partial charge in [-0.3, -0.25) is 10.2 Å². The van der Waals surface area contributed by atoms with Crippen LogP contribution < -0.4 is 15.9 Å². The fraction of sp³-hybridized carbons (Fsp3) is 0.0952. The average molecular weight is 579 g/mol. The maximum Gasteiger partial charge on any atom is 0.435 e. The molecule has 3 heterocycles. The van der Waals surface area contributed by atoms with E-state index in [9.17, 15) is 18.0 Å². The second-order valence-corrected chi connectivity index (χ2v) is 9.57. The van der Waals surface area contributed by atoms with Gasteiger partial charge in [0.15, 0.2) is 17.1 Å². The molecule has 0 fully saturated rings. The van der Waals surface area contributed by atoms with Crippen molar-refractivity contribution in [3.63, 3.8) is 0 Å². The lowest BCUT2D eigenvalue weighted by Crippen LogP contribution is -2.17. The van der Waals surface area contributed by atoms with Crippen LogP contribution in [0.2, 0.25) is 0 Å². The van der Waals surface area contributed by atoms with Crippen molar-refractivity contribution < 1.29 is 22.5 Å². The Bertz CT molecular complexity index is 1700. The van der Waals surface area contributed by atoms with Crippen molar-refractivity contribution in [1.29, 1.82) is 5.41 Å². The molecule has 0 saturated heterocycles. The number of nitrogens with two attached hydrogens (primary N) is 1. The first-order chi connectivity index (χ1) is 17.0. The number of benzene rings is 2. The lowest BCUT2D eigenvalue weighted by atomic mass is 10.2. The van der Waals surface area contributed by atoms with Gasteiger partial charge in [-0.2, -0.15) is 23.4 Å². The molecule has 0 radical (unpaired) electrons. The number of hydrogen-bond donors (Lipinski definition) is 3. The van der Waals surface area contributed by atoms with Crippen LogP contribution in [-0.2, 0) is 6.18 Å². The van der Waals surface area contributed by atoms with Crippen LogP contribution in [0.5, 0.6) is 0 Å². The number of fused-ring (bicyclic) bond motifs is 1. The number of aromatic nitrogens is 5. The predicted molar refractivity (Wildman–Crippen MR) is 128 cm³/mol. The second-order valence-electron chi connectivity index (χ2n) is 7.53. The average Bonchev–Trinajstić information content (AvgIpc) is 3.50. The van der Waals surface area contributed by atoms with Gasteiger partial charge in [-0.15, -0.1) is 0 Å². The molecule has 0 atom stereocenters. The van der Waals surface area contributed by atoms with Crippen molar-refractivity contribution in [2.45, 2.75) is 13.1 Å². The first-order valence-electron chi connectivity index (χ1n) is 10.1. The Kier molecular flexibility index (Phi) is 5.67. The molecule has 0 bridgehead atoms. The molecular formula is C21H14BrF3N8O2S. The molecule has 0 saturated carbocycles. The number of alkyl halides is 3. The monoisotopic (exact) mass is 578 g/mol. The summed E-state index contributed by atoms with van der Waals surface area (Å²) in [6, 6.07) is 9.74. The van der Waals surface area contributed by atoms with Crippen LogP contribution in [0.25, 0.3) is 22.3 Å². The molecule has 0 aliphatic rings. The van der Waals surface area contributed by atoms with Gasteiger partial charge in [0.05, 0.1) is 16.8 Å². The largest absolute Gasteiger partial charge is 0.435 e. The van der Waals surface area contributed by atoms with Crippen LogP contribution in [0.1, 0.15) is 21.2 Å². The van der Waals surface area contributed by atoms with Crippen molar-refractivity contribution in [1.82, 2.24) is 24.7 Å². The number of nitrogens with one attached hydrogen (secondary N) is 2. The van der Waals surface area contributed by atoms with E-state index in [4.69, 9.17) is 15.7 Å². The summed E-state index contributed by atoms with van der Waals surface area (Å²) < 4.78 is 48.3. The van der Waals surface area contributed by atoms with Gasteiger partial charge in [0.1, 0.15) is 10.7 Å². The fourth-order valence-electron chi connectivity index (χ4n) is 3.46. The van der Waals surface area contributed by atoms with Gasteiger partial charge in [-0.05, 0) is 59.3 Å². The van der Waals surface area contributed by atoms with E-state index in [2.05, 4.69) is 36.6 Å². The number of carbonyl (C=O) groups is 1. The summed E-state index contributed by atoms with van der Waals surface area (Å²) in [7, 11) is 0. The standard InChI is InChI=1S/C21H14BrF3N8O2S/c1-9-29-33(20(27)36-9)14-4-2-10(6-13(14)22)28-19(34)15-8-17(21(23,24)25)30-32(15)11-3-5-16-12(7-11)18(26)31-35-16/h2-8,27H,1H3,(H2,26,31)(H,28,34). The van der Waals surface area contributed by atoms with Crippen LogP contribution in [0, 0.1) is 12.3 Å². The first-order valence-corrected chi connectivity index (χ1v) is 11.7. The number of aryl methyl sites for hydroxylation is 1. The van der Waals surface area contributed by atoms with Gasteiger partial charge >= 0.3 is 6.18 Å². The Labute approximate surface area is 211 Å². The van der Waals surface area contributed by atoms with E-state index in [1.54, 1.807) is 25.1 Å². The van der Waals surface area contributed by atoms with E-state index < -0.39 is 17.8 Å². The van der Waals surface area contributed by atoms with Crippen molar-refractivity contribution in [2.24, 2.45) is 0 Å². The predicted octanol–water partition coefficient (Wildman–Crippen LogP) is 4.66. The molecule has 5 rings (SSSR count). The van der Waals surface area contributed by atoms with Crippen LogP contribution in [0.3, 0.4) is 0 Å². The molecule has 36 heavy (non-hydrogen) atoms. The number of carbonyl (C=O) groups excluding carboxylic acids is 1. The van der Waals surface area contributed by atoms with Crippen molar-refractivity contribution >= 4 is 55.6 Å². The highest BCUT2D eigenvalue weighted by atomic mass is 79.9. The van der Waals surface area contributed by atoms with Crippen LogP contribution >= 0.6 is 27.3 Å². The molecule has 0 spiro atoms. The molecule has 0 aliphatic carbocycles. The normalized spacial score (nSPS) is 11.8. The molecular weight excluding hydrogens is 565 g/mol. The molecule has 15 heteroatoms. The SMILES string of the molecule is Cc1nn(-c2ccc(NC(=O)c3cc(C(F)(F)F)nn3-c3ccc4onc(N)c4c3)cc2Br)c(=N)s1. The Balaban J connectivity index is 1.51. The fourth-order valence-corrected chi connectivity index (χ4v) is 4.63. The topological polar surface area (TPSA) is 141 Å². The number of rotatable bonds is 4. The minimum Gasteiger partial charge on any atom is -0.380 e. The lowest BCUT2D eigenvalue weighted by molar-refractivity contribution is -0.141. The number of nitrogens with zero attached hydrogens (tertiary/aromatic N) is 5. The molecule has 0 aliphatic heterocycles. The third-order valence-corrected chi connectivity index (χ3v) is 6.45. The molecule has 0 unspecified atom stereocenters. The van der Waals surface area contributed by atoms with E-state index in [-0.39, 0.29) is 22.0 Å². The summed E-state index contributed by atoms with van der Waals surface area (Å²) in [5.41, 5.74) is 5.53. The third-order valence-electron chi connectivity index (χ3n) is 5.07. The quantitative estimate of drug-likeness (QED) is 0.283. The third kappa shape index (κ3) is 4.26. The second kappa shape index (κ2) is 8.60. The zero-order chi connectivity index (χ0) is 25.8. The van der Waals surface area contributed by atoms with E-state index in [0.717, 1.165) is 4.68 Å². The van der Waals surface area contributed by atoms with Crippen molar-refractivity contribution in [3.8, 4) is 11.4 Å². The smallest absolute Gasteiger partial charge is 0.380 e. The number of amides is 1. The summed E-state index contributed by atoms with van der Waals surface area (Å²) in [5.74, 6) is -0.774. The van der Waals surface area contributed by atoms with Crippen LogP contribution in [-0.4, -0.2) is 30.6 Å². The highest BCUT2D eigenvalue weighted by Gasteiger charge is 2.36. The zero-order valence-electron chi connectivity index (χ0n) is 18.1. The molecule has 4 N–H and O–H groups in total. The van der Waals surface area contributed by atoms with E-state index in [0.29, 0.717) is 37.9 Å². The summed E-state index contributed by atoms with van der Waals surface area (Å²) in [6.45, 7) is 1.77. The Hall–Kier alpha value is -3.98. The molecule has 3 aromatic heterocycles. The number of anilines is 2. The number of halogens is 4. The van der Waals surface area contributed by atoms with Gasteiger partial charge in [-0.25, -0.2) is 9.36 Å². The molecule has 184 valence electrons. The van der Waals surface area contributed by atoms with Gasteiger partial charge in [0.25, 0.3) is 5.91 Å². The maximum atomic E-state index is 13.5. The minimum atomic E-state index is -4.78. The highest BCUT2D eigenvalue weighted by molar-refractivity contribution is 9.10. The van der Waals surface area contributed by atoms with Crippen LogP contribution in [0.15, 0.2) is 51.5 Å². The van der Waals surface area contributed by atoms with Gasteiger partial charge < -0.3 is 15.6 Å². The summed E-state index contributed by atoms with van der Waals surface area (Å²) >= 11 is 4.60. The Morgan fingerprint density at radius 2 is 1.94 bits per heavy atom. The summed E-state index contributed by atoms with van der Waals surface area (Å²) in [6.07, 6.45) is -4.78. The van der Waals surface area contributed by atoms with E-state index >= 15 is 0 Å². The first kappa shape index (κ1) is 23.7. The zero-order valence-corrected chi connectivity index (χ0v) is 20.5. The van der Waals surface area contributed by atoms with E-state index in [1.165, 1.54) is 34.2 Å². The van der Waals surface area contributed by atoms with Crippen molar-refractivity contribution in [2.75, 3.05) is 11.1 Å². The molecule has 10 nitrogen and oxygen atoms in total. The molecule has 5 aromatic rings. The lowest BCUT2D eigenvalue weighted by Gasteiger charge is -2.10. The van der Waals surface area contributed by atoms with E-state index in [1.807, 2.05) is 0 Å². The van der Waals surface area contributed by atoms with Gasteiger partial charge in [0, 0.05) is 16.2 Å². The highest BCUT2D eigenvalue weighted by Crippen LogP contribution is 2.31.